The van der Waals surface area contributed by atoms with Crippen LogP contribution in [0.1, 0.15) is 36.1 Å². The zero-order valence-electron chi connectivity index (χ0n) is 27.4. The third-order valence-electron chi connectivity index (χ3n) is 10.6. The van der Waals surface area contributed by atoms with Crippen LogP contribution in [0.4, 0.5) is 17.1 Å². The maximum absolute atomic E-state index is 6.46. The van der Waals surface area contributed by atoms with Gasteiger partial charge in [-0.1, -0.05) is 135 Å². The van der Waals surface area contributed by atoms with Crippen LogP contribution in [0.2, 0.25) is 0 Å². The number of furan rings is 1. The van der Waals surface area contributed by atoms with E-state index in [2.05, 4.69) is 170 Å². The van der Waals surface area contributed by atoms with E-state index in [0.29, 0.717) is 0 Å². The lowest BCUT2D eigenvalue weighted by Crippen LogP contribution is -2.16. The Bertz CT molecular complexity index is 2620. The second-order valence-corrected chi connectivity index (χ2v) is 13.8. The van der Waals surface area contributed by atoms with Crippen molar-refractivity contribution in [1.82, 2.24) is 0 Å². The van der Waals surface area contributed by atoms with Gasteiger partial charge in [-0.15, -0.1) is 0 Å². The summed E-state index contributed by atoms with van der Waals surface area (Å²) in [6, 6.07) is 54.9. The molecule has 2 heterocycles. The molecule has 0 bridgehead atoms. The molecule has 0 saturated heterocycles. The van der Waals surface area contributed by atoms with Crippen LogP contribution in [0, 0.1) is 0 Å². The molecule has 0 radical (unpaired) electrons. The van der Waals surface area contributed by atoms with Crippen LogP contribution in [0.25, 0.3) is 67.5 Å². The first-order valence-electron chi connectivity index (χ1n) is 17.0. The minimum atomic E-state index is -0.0749. The summed E-state index contributed by atoms with van der Waals surface area (Å²) in [5.41, 5.74) is 17.7. The maximum Gasteiger partial charge on any atom is 0.143 e. The van der Waals surface area contributed by atoms with Crippen molar-refractivity contribution in [3.05, 3.63) is 174 Å². The minimum Gasteiger partial charge on any atom is -0.455 e. The van der Waals surface area contributed by atoms with Gasteiger partial charge < -0.3 is 9.32 Å². The Morgan fingerprint density at radius 1 is 0.469 bits per heavy atom. The standard InChI is InChI=1S/C47H33NO/c1-47(2)41-17-8-6-13-37(41)40-29-44-34(28-42(40)47)20-19-33-27-32(36-15-10-16-39-38-14-7-9-18-45(38)49-46(36)39)23-26-43(33)48(44)35-24-21-31(22-25-35)30-11-4-3-5-12-30/h3-29H,1-2H3. The molecule has 0 N–H and O–H groups in total. The summed E-state index contributed by atoms with van der Waals surface area (Å²) in [6.07, 6.45) is 4.59. The normalized spacial score (nSPS) is 14.0. The molecule has 0 spiro atoms. The lowest BCUT2D eigenvalue weighted by Gasteiger charge is -2.29. The van der Waals surface area contributed by atoms with Crippen molar-refractivity contribution in [2.75, 3.05) is 4.90 Å². The van der Waals surface area contributed by atoms with Gasteiger partial charge in [-0.25, -0.2) is 0 Å². The summed E-state index contributed by atoms with van der Waals surface area (Å²) in [7, 11) is 0. The van der Waals surface area contributed by atoms with E-state index in [1.807, 2.05) is 12.1 Å². The summed E-state index contributed by atoms with van der Waals surface area (Å²) in [5.74, 6) is 0. The van der Waals surface area contributed by atoms with Gasteiger partial charge in [0.15, 0.2) is 0 Å². The monoisotopic (exact) mass is 627 g/mol. The first-order chi connectivity index (χ1) is 24.0. The fraction of sp³-hybridized carbons (Fsp3) is 0.0638. The van der Waals surface area contributed by atoms with Crippen molar-refractivity contribution in [2.24, 2.45) is 0 Å². The smallest absolute Gasteiger partial charge is 0.143 e. The summed E-state index contributed by atoms with van der Waals surface area (Å²) in [6.45, 7) is 4.70. The van der Waals surface area contributed by atoms with Crippen LogP contribution >= 0.6 is 0 Å². The molecule has 2 nitrogen and oxygen atoms in total. The molecule has 0 atom stereocenters. The molecule has 1 aliphatic heterocycles. The predicted molar refractivity (Wildman–Crippen MR) is 206 cm³/mol. The van der Waals surface area contributed by atoms with Crippen molar-refractivity contribution >= 4 is 51.2 Å². The predicted octanol–water partition coefficient (Wildman–Crippen LogP) is 13.2. The molecule has 2 aliphatic rings. The number of hydrogen-bond acceptors (Lipinski definition) is 2. The highest BCUT2D eigenvalue weighted by molar-refractivity contribution is 6.10. The molecule has 8 aromatic rings. The number of para-hydroxylation sites is 2. The van der Waals surface area contributed by atoms with Gasteiger partial charge in [0.1, 0.15) is 11.2 Å². The SMILES string of the molecule is CC1(C)c2ccccc2-c2cc3c(cc21)C=Cc1cc(-c2cccc4c2oc2ccccc24)ccc1N3c1ccc(-c2ccccc2)cc1. The van der Waals surface area contributed by atoms with Crippen LogP contribution in [-0.2, 0) is 5.41 Å². The van der Waals surface area contributed by atoms with Crippen molar-refractivity contribution in [2.45, 2.75) is 19.3 Å². The number of benzene rings is 7. The Balaban J connectivity index is 1.17. The van der Waals surface area contributed by atoms with Crippen LogP contribution < -0.4 is 4.90 Å². The number of fused-ring (bicyclic) bond motifs is 8. The Hall–Kier alpha value is -6.12. The zero-order valence-corrected chi connectivity index (χ0v) is 27.4. The molecule has 0 saturated carbocycles. The highest BCUT2D eigenvalue weighted by Crippen LogP contribution is 2.53. The van der Waals surface area contributed by atoms with Crippen LogP contribution in [0.5, 0.6) is 0 Å². The van der Waals surface area contributed by atoms with Gasteiger partial charge in [-0.3, -0.25) is 0 Å². The molecule has 232 valence electrons. The highest BCUT2D eigenvalue weighted by Gasteiger charge is 2.37. The van der Waals surface area contributed by atoms with E-state index in [4.69, 9.17) is 4.42 Å². The quantitative estimate of drug-likeness (QED) is 0.194. The second-order valence-electron chi connectivity index (χ2n) is 13.8. The molecule has 0 fully saturated rings. The van der Waals surface area contributed by atoms with Gasteiger partial charge in [-0.05, 0) is 92.5 Å². The number of nitrogens with zero attached hydrogens (tertiary/aromatic N) is 1. The maximum atomic E-state index is 6.46. The van der Waals surface area contributed by atoms with E-state index in [1.165, 1.54) is 44.6 Å². The largest absolute Gasteiger partial charge is 0.455 e. The van der Waals surface area contributed by atoms with Gasteiger partial charge >= 0.3 is 0 Å². The molecule has 0 unspecified atom stereocenters. The van der Waals surface area contributed by atoms with Crippen LogP contribution in [0.3, 0.4) is 0 Å². The number of rotatable bonds is 3. The molecule has 1 aliphatic carbocycles. The van der Waals surface area contributed by atoms with Gasteiger partial charge in [0.05, 0.1) is 11.4 Å². The van der Waals surface area contributed by atoms with Gasteiger partial charge in [0, 0.05) is 27.4 Å². The fourth-order valence-corrected chi connectivity index (χ4v) is 8.13. The molecule has 49 heavy (non-hydrogen) atoms. The Kier molecular flexibility index (Phi) is 5.95. The van der Waals surface area contributed by atoms with Crippen LogP contribution in [-0.4, -0.2) is 0 Å². The van der Waals surface area contributed by atoms with E-state index in [9.17, 15) is 0 Å². The third kappa shape index (κ3) is 4.20. The van der Waals surface area contributed by atoms with Crippen molar-refractivity contribution in [3.63, 3.8) is 0 Å². The highest BCUT2D eigenvalue weighted by atomic mass is 16.3. The molecular formula is C47H33NO. The topological polar surface area (TPSA) is 16.4 Å². The summed E-state index contributed by atoms with van der Waals surface area (Å²) >= 11 is 0. The Morgan fingerprint density at radius 3 is 2.00 bits per heavy atom. The third-order valence-corrected chi connectivity index (χ3v) is 10.6. The zero-order chi connectivity index (χ0) is 32.7. The fourth-order valence-electron chi connectivity index (χ4n) is 8.13. The minimum absolute atomic E-state index is 0.0749. The lowest BCUT2D eigenvalue weighted by molar-refractivity contribution is 0.660. The van der Waals surface area contributed by atoms with Crippen LogP contribution in [0.15, 0.2) is 156 Å². The summed E-state index contributed by atoms with van der Waals surface area (Å²) in [5, 5.41) is 2.29. The van der Waals surface area contributed by atoms with E-state index >= 15 is 0 Å². The number of hydrogen-bond donors (Lipinski definition) is 0. The average Bonchev–Trinajstić information content (AvgIpc) is 3.57. The van der Waals surface area contributed by atoms with E-state index in [-0.39, 0.29) is 5.41 Å². The first kappa shape index (κ1) is 27.9. The Morgan fingerprint density at radius 2 is 1.14 bits per heavy atom. The van der Waals surface area contributed by atoms with Crippen molar-refractivity contribution < 1.29 is 4.42 Å². The average molecular weight is 628 g/mol. The van der Waals surface area contributed by atoms with Gasteiger partial charge in [0.25, 0.3) is 0 Å². The first-order valence-corrected chi connectivity index (χ1v) is 17.0. The van der Waals surface area contributed by atoms with E-state index in [0.717, 1.165) is 50.0 Å². The molecule has 2 heteroatoms. The molecule has 10 rings (SSSR count). The lowest BCUT2D eigenvalue weighted by atomic mass is 9.82. The van der Waals surface area contributed by atoms with Gasteiger partial charge in [-0.2, -0.15) is 0 Å². The van der Waals surface area contributed by atoms with Crippen molar-refractivity contribution in [1.29, 1.82) is 0 Å². The summed E-state index contributed by atoms with van der Waals surface area (Å²) in [4.78, 5) is 2.44. The molecular weight excluding hydrogens is 595 g/mol. The Labute approximate surface area is 286 Å². The summed E-state index contributed by atoms with van der Waals surface area (Å²) < 4.78 is 6.46. The number of anilines is 3. The molecule has 7 aromatic carbocycles. The van der Waals surface area contributed by atoms with E-state index < -0.39 is 0 Å². The second kappa shape index (κ2) is 10.4. The molecule has 0 amide bonds. The van der Waals surface area contributed by atoms with Gasteiger partial charge in [0.2, 0.25) is 0 Å². The molecule has 1 aromatic heterocycles. The van der Waals surface area contributed by atoms with Crippen molar-refractivity contribution in [3.8, 4) is 33.4 Å². The van der Waals surface area contributed by atoms with E-state index in [1.54, 1.807) is 0 Å².